The molecule has 0 unspecified atom stereocenters. The molecule has 9 nitrogen and oxygen atoms in total. The highest BCUT2D eigenvalue weighted by Crippen LogP contribution is 2.39. The van der Waals surface area contributed by atoms with Gasteiger partial charge in [-0.2, -0.15) is 0 Å². The third kappa shape index (κ3) is 3.57. The van der Waals surface area contributed by atoms with Crippen molar-refractivity contribution in [2.45, 2.75) is 32.2 Å². The molecule has 0 aliphatic heterocycles. The van der Waals surface area contributed by atoms with E-state index in [1.807, 2.05) is 11.4 Å². The second-order valence-corrected chi connectivity index (χ2v) is 10.1. The summed E-state index contributed by atoms with van der Waals surface area (Å²) >= 11 is 2.77. The quantitative estimate of drug-likeness (QED) is 0.438. The zero-order valence-corrected chi connectivity index (χ0v) is 19.7. The lowest BCUT2D eigenvalue weighted by atomic mass is 9.93. The molecule has 33 heavy (non-hydrogen) atoms. The Bertz CT molecular complexity index is 1520. The summed E-state index contributed by atoms with van der Waals surface area (Å²) < 4.78 is 3.67. The minimum Gasteiger partial charge on any atom is -0.328 e. The number of fused-ring (bicyclic) bond motifs is 2. The summed E-state index contributed by atoms with van der Waals surface area (Å²) in [5.41, 5.74) is 0.839. The van der Waals surface area contributed by atoms with Crippen LogP contribution >= 0.6 is 22.7 Å². The van der Waals surface area contributed by atoms with Crippen LogP contribution < -0.4 is 16.6 Å². The van der Waals surface area contributed by atoms with Crippen molar-refractivity contribution in [3.63, 3.8) is 0 Å². The van der Waals surface area contributed by atoms with E-state index in [1.165, 1.54) is 45.2 Å². The van der Waals surface area contributed by atoms with Crippen LogP contribution in [-0.4, -0.2) is 30.4 Å². The number of anilines is 1. The highest BCUT2D eigenvalue weighted by molar-refractivity contribution is 7.17. The first-order chi connectivity index (χ1) is 15.9. The summed E-state index contributed by atoms with van der Waals surface area (Å²) in [5.74, 6) is -0.640. The van der Waals surface area contributed by atoms with Crippen molar-refractivity contribution in [3.05, 3.63) is 65.6 Å². The molecule has 1 aliphatic carbocycles. The van der Waals surface area contributed by atoms with Gasteiger partial charge in [-0.25, -0.2) is 14.3 Å². The number of thiophene rings is 2. The van der Waals surface area contributed by atoms with Crippen molar-refractivity contribution in [2.24, 2.45) is 14.1 Å². The molecule has 0 saturated carbocycles. The molecule has 170 valence electrons. The summed E-state index contributed by atoms with van der Waals surface area (Å²) in [6, 6.07) is 3.60. The van der Waals surface area contributed by atoms with Crippen LogP contribution in [-0.2, 0) is 38.3 Å². The third-order valence-electron chi connectivity index (χ3n) is 5.90. The fourth-order valence-corrected chi connectivity index (χ4v) is 6.24. The SMILES string of the molecule is Cn1cnc2c1c(=O)n(CC(=O)Nc1sc3c(c1C(=O)c1cccs1)CCCC3)c(=O)n2C. The van der Waals surface area contributed by atoms with E-state index < -0.39 is 23.7 Å². The number of hydrogen-bond donors (Lipinski definition) is 1. The Balaban J connectivity index is 1.51. The van der Waals surface area contributed by atoms with Gasteiger partial charge in [-0.1, -0.05) is 6.07 Å². The van der Waals surface area contributed by atoms with E-state index in [0.29, 0.717) is 15.4 Å². The molecule has 4 aromatic rings. The Morgan fingerprint density at radius 3 is 2.73 bits per heavy atom. The van der Waals surface area contributed by atoms with Crippen LogP contribution in [0.1, 0.15) is 38.5 Å². The van der Waals surface area contributed by atoms with Crippen LogP contribution in [0.15, 0.2) is 33.4 Å². The van der Waals surface area contributed by atoms with Gasteiger partial charge in [0.2, 0.25) is 11.7 Å². The number of nitrogens with zero attached hydrogens (tertiary/aromatic N) is 4. The lowest BCUT2D eigenvalue weighted by Gasteiger charge is -2.12. The molecule has 4 aromatic heterocycles. The predicted molar refractivity (Wildman–Crippen MR) is 128 cm³/mol. The van der Waals surface area contributed by atoms with Crippen molar-refractivity contribution in [1.29, 1.82) is 0 Å². The minimum absolute atomic E-state index is 0.107. The summed E-state index contributed by atoms with van der Waals surface area (Å²) in [6.07, 6.45) is 5.17. The molecule has 0 saturated heterocycles. The van der Waals surface area contributed by atoms with Gasteiger partial charge in [0, 0.05) is 19.0 Å². The first kappa shape index (κ1) is 21.5. The van der Waals surface area contributed by atoms with Crippen LogP contribution in [0.5, 0.6) is 0 Å². The standard InChI is InChI=1S/C22H21N5O4S2/c1-25-11-23-19-17(25)21(30)27(22(31)26(19)2)10-15(28)24-20-16(18(29)14-8-5-9-32-14)12-6-3-4-7-13(12)33-20/h5,8-9,11H,3-4,6-7,10H2,1-2H3,(H,24,28). The smallest absolute Gasteiger partial charge is 0.328 e. The summed E-state index contributed by atoms with van der Waals surface area (Å²) in [7, 11) is 3.17. The van der Waals surface area contributed by atoms with Gasteiger partial charge in [0.15, 0.2) is 11.2 Å². The van der Waals surface area contributed by atoms with Gasteiger partial charge in [-0.3, -0.25) is 19.0 Å². The van der Waals surface area contributed by atoms with Crippen LogP contribution in [0.25, 0.3) is 11.2 Å². The first-order valence-corrected chi connectivity index (χ1v) is 12.2. The van der Waals surface area contributed by atoms with Gasteiger partial charge in [0.1, 0.15) is 11.5 Å². The third-order valence-corrected chi connectivity index (χ3v) is 7.97. The lowest BCUT2D eigenvalue weighted by Crippen LogP contribution is -2.42. The average Bonchev–Trinajstić information content (AvgIpc) is 3.53. The molecule has 1 amide bonds. The number of hydrogen-bond acceptors (Lipinski definition) is 7. The fraction of sp³-hybridized carbons (Fsp3) is 0.318. The van der Waals surface area contributed by atoms with E-state index in [2.05, 4.69) is 10.3 Å². The Morgan fingerprint density at radius 2 is 1.97 bits per heavy atom. The van der Waals surface area contributed by atoms with Crippen molar-refractivity contribution in [3.8, 4) is 0 Å². The molecule has 11 heteroatoms. The maximum absolute atomic E-state index is 13.3. The lowest BCUT2D eigenvalue weighted by molar-refractivity contribution is -0.116. The Hall–Kier alpha value is -3.31. The van der Waals surface area contributed by atoms with Gasteiger partial charge in [0.25, 0.3) is 5.56 Å². The van der Waals surface area contributed by atoms with E-state index in [4.69, 9.17) is 0 Å². The van der Waals surface area contributed by atoms with E-state index >= 15 is 0 Å². The number of carbonyl (C=O) groups excluding carboxylic acids is 2. The molecule has 0 aromatic carbocycles. The zero-order valence-electron chi connectivity index (χ0n) is 18.1. The van der Waals surface area contributed by atoms with Crippen molar-refractivity contribution < 1.29 is 9.59 Å². The number of aromatic nitrogens is 4. The van der Waals surface area contributed by atoms with Gasteiger partial charge in [-0.05, 0) is 42.7 Å². The highest BCUT2D eigenvalue weighted by atomic mass is 32.1. The van der Waals surface area contributed by atoms with Crippen LogP contribution in [0, 0.1) is 0 Å². The Morgan fingerprint density at radius 1 is 1.18 bits per heavy atom. The van der Waals surface area contributed by atoms with Crippen molar-refractivity contribution in [2.75, 3.05) is 5.32 Å². The molecule has 0 fully saturated rings. The summed E-state index contributed by atoms with van der Waals surface area (Å²) in [4.78, 5) is 57.7. The van der Waals surface area contributed by atoms with E-state index in [9.17, 15) is 19.2 Å². The molecular formula is C22H21N5O4S2. The second-order valence-electron chi connectivity index (χ2n) is 8.03. The molecule has 5 rings (SSSR count). The number of imidazole rings is 1. The highest BCUT2D eigenvalue weighted by Gasteiger charge is 2.28. The van der Waals surface area contributed by atoms with E-state index in [-0.39, 0.29) is 16.9 Å². The first-order valence-electron chi connectivity index (χ1n) is 10.5. The number of ketones is 1. The minimum atomic E-state index is -0.623. The van der Waals surface area contributed by atoms with Crippen LogP contribution in [0.2, 0.25) is 0 Å². The van der Waals surface area contributed by atoms with Gasteiger partial charge >= 0.3 is 5.69 Å². The van der Waals surface area contributed by atoms with E-state index in [1.54, 1.807) is 13.1 Å². The van der Waals surface area contributed by atoms with Crippen LogP contribution in [0.3, 0.4) is 0 Å². The monoisotopic (exact) mass is 483 g/mol. The molecule has 1 N–H and O–H groups in total. The molecule has 0 radical (unpaired) electrons. The molecule has 4 heterocycles. The molecular weight excluding hydrogens is 462 g/mol. The second kappa shape index (κ2) is 8.23. The Labute approximate surface area is 195 Å². The zero-order chi connectivity index (χ0) is 23.3. The predicted octanol–water partition coefficient (Wildman–Crippen LogP) is 2.31. The number of rotatable bonds is 5. The topological polar surface area (TPSA) is 108 Å². The number of nitrogens with one attached hydrogen (secondary N) is 1. The molecule has 0 atom stereocenters. The summed E-state index contributed by atoms with van der Waals surface area (Å²) in [6.45, 7) is -0.457. The van der Waals surface area contributed by atoms with Crippen molar-refractivity contribution >= 4 is 50.5 Å². The molecule has 1 aliphatic rings. The number of amides is 1. The van der Waals surface area contributed by atoms with E-state index in [0.717, 1.165) is 40.7 Å². The number of carbonyl (C=O) groups is 2. The largest absolute Gasteiger partial charge is 0.332 e. The molecule has 0 bridgehead atoms. The van der Waals surface area contributed by atoms with Crippen LogP contribution in [0.4, 0.5) is 5.00 Å². The molecule has 0 spiro atoms. The fourth-order valence-electron chi connectivity index (χ4n) is 4.27. The van der Waals surface area contributed by atoms with Gasteiger partial charge in [-0.15, -0.1) is 22.7 Å². The van der Waals surface area contributed by atoms with Crippen molar-refractivity contribution in [1.82, 2.24) is 18.7 Å². The summed E-state index contributed by atoms with van der Waals surface area (Å²) in [5, 5.41) is 5.15. The van der Waals surface area contributed by atoms with Gasteiger partial charge in [0.05, 0.1) is 16.8 Å². The maximum Gasteiger partial charge on any atom is 0.332 e. The maximum atomic E-state index is 13.3. The normalized spacial score (nSPS) is 13.3. The Kier molecular flexibility index (Phi) is 5.37. The average molecular weight is 484 g/mol. The number of aryl methyl sites for hydroxylation is 3. The van der Waals surface area contributed by atoms with Gasteiger partial charge < -0.3 is 9.88 Å².